The van der Waals surface area contributed by atoms with Crippen molar-refractivity contribution in [1.29, 1.82) is 0 Å². The fraction of sp³-hybridized carbons (Fsp3) is 0.500. The Morgan fingerprint density at radius 1 is 0.914 bits per heavy atom. The van der Waals surface area contributed by atoms with Crippen molar-refractivity contribution in [3.8, 4) is 0 Å². The third-order valence-corrected chi connectivity index (χ3v) is 14.7. The predicted octanol–water partition coefficient (Wildman–Crippen LogP) is 6.06. The Bertz CT molecular complexity index is 2470. The van der Waals surface area contributed by atoms with Gasteiger partial charge in [-0.1, -0.05) is 62.4 Å². The van der Waals surface area contributed by atoms with Gasteiger partial charge < -0.3 is 48.9 Å². The molecular weight excluding hydrogens is 928 g/mol. The second-order valence-electron chi connectivity index (χ2n) is 18.8. The molecule has 2 saturated carbocycles. The number of benzene rings is 3. The van der Waals surface area contributed by atoms with Crippen molar-refractivity contribution < 1.29 is 71.4 Å². The van der Waals surface area contributed by atoms with Gasteiger partial charge in [-0.3, -0.25) is 14.4 Å². The van der Waals surface area contributed by atoms with Gasteiger partial charge in [0.1, 0.15) is 29.7 Å². The zero-order valence-corrected chi connectivity index (χ0v) is 41.1. The van der Waals surface area contributed by atoms with Gasteiger partial charge in [0.05, 0.1) is 42.3 Å². The van der Waals surface area contributed by atoms with Crippen LogP contribution in [-0.4, -0.2) is 121 Å². The number of esters is 3. The van der Waals surface area contributed by atoms with Crippen molar-refractivity contribution in [2.45, 2.75) is 115 Å². The van der Waals surface area contributed by atoms with E-state index in [0.717, 1.165) is 12.1 Å². The van der Waals surface area contributed by atoms with Gasteiger partial charge in [0.2, 0.25) is 0 Å². The Morgan fingerprint density at radius 2 is 1.57 bits per heavy atom. The van der Waals surface area contributed by atoms with E-state index < -0.39 is 119 Å². The molecule has 0 radical (unpaired) electrons. The standard InChI is InChI=1S/C52H61FN2O14S/c1-8-54-48(61)67-40-38-29(3)35(66-47(60)41(63-9-2)39(31-16-12-10-13-17-31)55-45(58)32-18-14-11-15-19-32)27-52(62,49(38,5)6)44(68-46(59)33-20-22-34(53)23-21-33)42-50(7,43(40)57)36(64-24-25-70)26-37-51(42,28-65-37)69-30(4)56/h10-23,35-37,39-42,44,62,70H,8-9,24-28H2,1-7H3,(H,54,61)(H,55,58)/t35-,36-,37+,39-,40+,41+,42?,44?,50+,51-,52+/m0/s1. The van der Waals surface area contributed by atoms with Crippen LogP contribution in [0.5, 0.6) is 0 Å². The first-order valence-electron chi connectivity index (χ1n) is 23.4. The van der Waals surface area contributed by atoms with Crippen LogP contribution in [0.15, 0.2) is 96.1 Å². The molecule has 0 aromatic heterocycles. The highest BCUT2D eigenvalue weighted by Crippen LogP contribution is 2.65. The van der Waals surface area contributed by atoms with E-state index in [-0.39, 0.29) is 55.2 Å². The van der Waals surface area contributed by atoms with Crippen molar-refractivity contribution in [3.05, 3.63) is 119 Å². The first-order chi connectivity index (χ1) is 33.3. The van der Waals surface area contributed by atoms with Crippen LogP contribution < -0.4 is 10.6 Å². The first-order valence-corrected chi connectivity index (χ1v) is 24.1. The molecule has 4 aliphatic rings. The predicted molar refractivity (Wildman–Crippen MR) is 253 cm³/mol. The summed E-state index contributed by atoms with van der Waals surface area (Å²) in [6.45, 7) is 10.6. The number of carbonyl (C=O) groups is 6. The number of fused-ring (bicyclic) bond motifs is 5. The number of halogens is 1. The molecule has 3 aliphatic carbocycles. The number of Topliss-reactive ketones (excluding diaryl/α,β-unsaturated/α-hetero) is 1. The zero-order valence-electron chi connectivity index (χ0n) is 40.2. The number of thiol groups is 1. The number of hydrogen-bond donors (Lipinski definition) is 4. The number of carbonyl (C=O) groups excluding carboxylic acids is 6. The van der Waals surface area contributed by atoms with Gasteiger partial charge in [-0.15, -0.1) is 0 Å². The number of aliphatic hydroxyl groups is 1. The average molecular weight is 989 g/mol. The van der Waals surface area contributed by atoms with Crippen LogP contribution in [0, 0.1) is 22.6 Å². The Balaban J connectivity index is 1.45. The summed E-state index contributed by atoms with van der Waals surface area (Å²) in [6.07, 6.45) is -10.2. The monoisotopic (exact) mass is 988 g/mol. The molecule has 1 saturated heterocycles. The van der Waals surface area contributed by atoms with Gasteiger partial charge in [0, 0.05) is 49.6 Å². The normalized spacial score (nSPS) is 29.5. The summed E-state index contributed by atoms with van der Waals surface area (Å²) in [5, 5.41) is 19.6. The van der Waals surface area contributed by atoms with Gasteiger partial charge in [-0.2, -0.15) is 12.6 Å². The third-order valence-electron chi connectivity index (χ3n) is 14.5. The highest BCUT2D eigenvalue weighted by molar-refractivity contribution is 7.80. The highest BCUT2D eigenvalue weighted by Gasteiger charge is 2.78. The minimum atomic E-state index is -2.42. The lowest BCUT2D eigenvalue weighted by Gasteiger charge is -2.67. The van der Waals surface area contributed by atoms with E-state index >= 15 is 9.59 Å². The number of nitrogens with one attached hydrogen (secondary N) is 2. The number of rotatable bonds is 16. The van der Waals surface area contributed by atoms with Crippen molar-refractivity contribution in [2.24, 2.45) is 16.7 Å². The zero-order chi connectivity index (χ0) is 50.8. The van der Waals surface area contributed by atoms with Crippen molar-refractivity contribution in [1.82, 2.24) is 10.6 Å². The van der Waals surface area contributed by atoms with E-state index in [1.54, 1.807) is 102 Å². The molecule has 3 aromatic rings. The van der Waals surface area contributed by atoms with Crippen molar-refractivity contribution in [3.63, 3.8) is 0 Å². The third kappa shape index (κ3) is 9.47. The Hall–Kier alpha value is -5.66. The molecule has 3 N–H and O–H groups in total. The molecular formula is C52H61FN2O14S. The average Bonchev–Trinajstić information content (AvgIpc) is 3.32. The van der Waals surface area contributed by atoms with Gasteiger partial charge in [0.25, 0.3) is 5.91 Å². The van der Waals surface area contributed by atoms with Crippen molar-refractivity contribution in [2.75, 3.05) is 32.1 Å². The number of ketones is 1. The van der Waals surface area contributed by atoms with Gasteiger partial charge in [-0.25, -0.2) is 18.8 Å². The van der Waals surface area contributed by atoms with Gasteiger partial charge in [0.15, 0.2) is 23.6 Å². The molecule has 7 rings (SSSR count). The SMILES string of the molecule is CCNC(=O)O[C@H]1C(=O)[C@@]2(C)C(C(OC(=O)c3ccc(F)cc3)[C@]3(O)C[C@H](OC(=O)[C@H](OCC)[C@@H](NC(=O)c4ccccc4)c4ccccc4)C(C)=C1C3(C)C)[C@]1(OC(C)=O)CO[C@@H]1C[C@@H]2OCCS. The fourth-order valence-electron chi connectivity index (χ4n) is 11.1. The molecule has 11 atom stereocenters. The molecule has 3 aromatic carbocycles. The summed E-state index contributed by atoms with van der Waals surface area (Å²) in [5.74, 6) is -6.01. The van der Waals surface area contributed by atoms with Crippen LogP contribution in [-0.2, 0) is 47.5 Å². The number of ether oxygens (including phenoxy) is 7. The quantitative estimate of drug-likeness (QED) is 0.0557. The van der Waals surface area contributed by atoms with Crippen LogP contribution in [0.3, 0.4) is 0 Å². The van der Waals surface area contributed by atoms with Crippen LogP contribution >= 0.6 is 12.6 Å². The number of amides is 2. The number of hydrogen-bond acceptors (Lipinski definition) is 15. The minimum Gasteiger partial charge on any atom is -0.456 e. The summed E-state index contributed by atoms with van der Waals surface area (Å²) in [5.41, 5.74) is -6.89. The van der Waals surface area contributed by atoms with E-state index in [2.05, 4.69) is 23.3 Å². The second kappa shape index (κ2) is 21.0. The second-order valence-corrected chi connectivity index (χ2v) is 19.3. The van der Waals surface area contributed by atoms with Crippen molar-refractivity contribution >= 4 is 48.3 Å². The highest BCUT2D eigenvalue weighted by atomic mass is 32.1. The molecule has 3 fully saturated rings. The van der Waals surface area contributed by atoms with E-state index in [1.165, 1.54) is 19.1 Å². The lowest BCUT2D eigenvalue weighted by molar-refractivity contribution is -0.348. The maximum Gasteiger partial charge on any atom is 0.408 e. The molecule has 70 heavy (non-hydrogen) atoms. The maximum absolute atomic E-state index is 16.2. The summed E-state index contributed by atoms with van der Waals surface area (Å²) >= 11 is 4.37. The fourth-order valence-corrected chi connectivity index (χ4v) is 11.2. The lowest BCUT2D eigenvalue weighted by atomic mass is 9.44. The minimum absolute atomic E-state index is 0.0113. The molecule has 1 heterocycles. The van der Waals surface area contributed by atoms with E-state index in [1.807, 2.05) is 0 Å². The molecule has 376 valence electrons. The number of alkyl carbamates (subject to hydrolysis) is 1. The maximum atomic E-state index is 16.2. The van der Waals surface area contributed by atoms with Crippen LogP contribution in [0.25, 0.3) is 0 Å². The van der Waals surface area contributed by atoms with E-state index in [4.69, 9.17) is 33.2 Å². The summed E-state index contributed by atoms with van der Waals surface area (Å²) in [7, 11) is 0. The first kappa shape index (κ1) is 52.2. The van der Waals surface area contributed by atoms with Crippen LogP contribution in [0.1, 0.15) is 93.6 Å². The molecule has 2 unspecified atom stereocenters. The van der Waals surface area contributed by atoms with Crippen LogP contribution in [0.2, 0.25) is 0 Å². The van der Waals surface area contributed by atoms with Crippen LogP contribution in [0.4, 0.5) is 9.18 Å². The Kier molecular flexibility index (Phi) is 15.6. The van der Waals surface area contributed by atoms with Gasteiger partial charge in [-0.05, 0) is 80.8 Å². The molecule has 2 bridgehead atoms. The summed E-state index contributed by atoms with van der Waals surface area (Å²) in [4.78, 5) is 86.6. The van der Waals surface area contributed by atoms with E-state index in [0.29, 0.717) is 11.1 Å². The Labute approximate surface area is 411 Å². The van der Waals surface area contributed by atoms with E-state index in [9.17, 15) is 28.7 Å². The Morgan fingerprint density at radius 3 is 2.16 bits per heavy atom. The van der Waals surface area contributed by atoms with Gasteiger partial charge >= 0.3 is 24.0 Å². The summed E-state index contributed by atoms with van der Waals surface area (Å²) < 4.78 is 58.3. The largest absolute Gasteiger partial charge is 0.456 e. The molecule has 18 heteroatoms. The molecule has 2 amide bonds. The molecule has 1 aliphatic heterocycles. The topological polar surface area (TPSA) is 211 Å². The molecule has 16 nitrogen and oxygen atoms in total. The lowest BCUT2D eigenvalue weighted by Crippen LogP contribution is -2.82. The smallest absolute Gasteiger partial charge is 0.408 e. The summed E-state index contributed by atoms with van der Waals surface area (Å²) in [6, 6.07) is 20.4. The molecule has 0 spiro atoms.